The summed E-state index contributed by atoms with van der Waals surface area (Å²) in [5.74, 6) is -1.31. The van der Waals surface area contributed by atoms with Crippen molar-refractivity contribution in [3.63, 3.8) is 0 Å². The van der Waals surface area contributed by atoms with Crippen molar-refractivity contribution >= 4 is 16.0 Å². The van der Waals surface area contributed by atoms with Gasteiger partial charge in [-0.3, -0.25) is 4.79 Å². The van der Waals surface area contributed by atoms with E-state index in [1.807, 2.05) is 0 Å². The molecule has 0 aliphatic carbocycles. The summed E-state index contributed by atoms with van der Waals surface area (Å²) < 4.78 is 25.4. The van der Waals surface area contributed by atoms with Crippen molar-refractivity contribution in [1.82, 2.24) is 9.62 Å². The lowest BCUT2D eigenvalue weighted by molar-refractivity contribution is -0.136. The summed E-state index contributed by atoms with van der Waals surface area (Å²) in [6, 6.07) is 0. The number of hydrogen-bond donors (Lipinski definition) is 2. The van der Waals surface area contributed by atoms with E-state index in [2.05, 4.69) is 5.32 Å². The maximum atomic E-state index is 12.1. The van der Waals surface area contributed by atoms with Crippen LogP contribution in [0, 0.1) is 0 Å². The Labute approximate surface area is 95.7 Å². The normalized spacial score (nSPS) is 23.9. The number of sulfonamides is 1. The second-order valence-electron chi connectivity index (χ2n) is 4.59. The van der Waals surface area contributed by atoms with E-state index >= 15 is 0 Å². The molecule has 1 fully saturated rings. The molecule has 1 heterocycles. The van der Waals surface area contributed by atoms with Crippen molar-refractivity contribution in [3.8, 4) is 0 Å². The minimum Gasteiger partial charge on any atom is -0.480 e. The van der Waals surface area contributed by atoms with Crippen molar-refractivity contribution in [2.75, 3.05) is 19.6 Å². The van der Waals surface area contributed by atoms with Gasteiger partial charge >= 0.3 is 5.97 Å². The fourth-order valence-corrected chi connectivity index (χ4v) is 3.49. The summed E-state index contributed by atoms with van der Waals surface area (Å²) in [6.45, 7) is 6.16. The first-order valence-corrected chi connectivity index (χ1v) is 6.65. The van der Waals surface area contributed by atoms with Crippen LogP contribution in [0.1, 0.15) is 20.8 Å². The quantitative estimate of drug-likeness (QED) is 0.703. The van der Waals surface area contributed by atoms with Gasteiger partial charge < -0.3 is 10.4 Å². The Morgan fingerprint density at radius 3 is 2.50 bits per heavy atom. The van der Waals surface area contributed by atoms with E-state index in [0.29, 0.717) is 19.6 Å². The number of carbonyl (C=O) groups is 1. The standard InChI is InChI=1S/C9H18N2O4S/c1-7(8(12)13)16(14,15)11-5-4-10-6-9(11,2)3/h7,10H,4-6H2,1-3H3,(H,12,13). The number of rotatable bonds is 3. The molecule has 16 heavy (non-hydrogen) atoms. The minimum absolute atomic E-state index is 0.312. The fourth-order valence-electron chi connectivity index (χ4n) is 1.76. The molecule has 0 bridgehead atoms. The summed E-state index contributed by atoms with van der Waals surface area (Å²) in [4.78, 5) is 10.8. The second kappa shape index (κ2) is 4.31. The summed E-state index contributed by atoms with van der Waals surface area (Å²) in [6.07, 6.45) is 0. The summed E-state index contributed by atoms with van der Waals surface area (Å²) in [7, 11) is -3.78. The second-order valence-corrected chi connectivity index (χ2v) is 6.76. The van der Waals surface area contributed by atoms with Gasteiger partial charge in [0.2, 0.25) is 10.0 Å². The average Bonchev–Trinajstić information content (AvgIpc) is 2.15. The Morgan fingerprint density at radius 2 is 2.06 bits per heavy atom. The van der Waals surface area contributed by atoms with E-state index < -0.39 is 26.8 Å². The van der Waals surface area contributed by atoms with E-state index in [0.717, 1.165) is 0 Å². The molecule has 1 saturated heterocycles. The number of nitrogens with one attached hydrogen (secondary N) is 1. The van der Waals surface area contributed by atoms with Crippen LogP contribution >= 0.6 is 0 Å². The SMILES string of the molecule is CC(C(=O)O)S(=O)(=O)N1CCNCC1(C)C. The van der Waals surface area contributed by atoms with Crippen molar-refractivity contribution in [1.29, 1.82) is 0 Å². The predicted octanol–water partition coefficient (Wildman–Crippen LogP) is -0.527. The van der Waals surface area contributed by atoms with E-state index in [9.17, 15) is 13.2 Å². The number of piperazine rings is 1. The molecule has 6 nitrogen and oxygen atoms in total. The monoisotopic (exact) mass is 250 g/mol. The van der Waals surface area contributed by atoms with E-state index in [1.165, 1.54) is 11.2 Å². The van der Waals surface area contributed by atoms with Crippen LogP contribution in [0.15, 0.2) is 0 Å². The molecule has 0 spiro atoms. The van der Waals surface area contributed by atoms with Gasteiger partial charge in [0.15, 0.2) is 5.25 Å². The van der Waals surface area contributed by atoms with Gasteiger partial charge in [-0.25, -0.2) is 8.42 Å². The van der Waals surface area contributed by atoms with Crippen LogP contribution in [0.5, 0.6) is 0 Å². The van der Waals surface area contributed by atoms with Crippen LogP contribution < -0.4 is 5.32 Å². The number of aliphatic carboxylic acids is 1. The molecule has 0 aromatic heterocycles. The van der Waals surface area contributed by atoms with E-state index in [-0.39, 0.29) is 0 Å². The molecule has 1 aliphatic heterocycles. The molecule has 1 unspecified atom stereocenters. The molecule has 7 heteroatoms. The molecule has 0 amide bonds. The zero-order valence-corrected chi connectivity index (χ0v) is 10.5. The third-order valence-electron chi connectivity index (χ3n) is 2.83. The molecule has 0 radical (unpaired) electrons. The highest BCUT2D eigenvalue weighted by molar-refractivity contribution is 7.90. The molecule has 1 rings (SSSR count). The maximum Gasteiger partial charge on any atom is 0.323 e. The van der Waals surface area contributed by atoms with E-state index in [4.69, 9.17) is 5.11 Å². The van der Waals surface area contributed by atoms with Crippen LogP contribution in [0.3, 0.4) is 0 Å². The summed E-state index contributed by atoms with van der Waals surface area (Å²) in [5.41, 5.74) is -0.583. The van der Waals surface area contributed by atoms with Gasteiger partial charge in [0.1, 0.15) is 0 Å². The Balaban J connectivity index is 3.03. The summed E-state index contributed by atoms with van der Waals surface area (Å²) >= 11 is 0. The molecule has 2 N–H and O–H groups in total. The fraction of sp³-hybridized carbons (Fsp3) is 0.889. The Bertz CT molecular complexity index is 377. The van der Waals surface area contributed by atoms with Crippen molar-refractivity contribution in [2.24, 2.45) is 0 Å². The third kappa shape index (κ3) is 2.36. The molecule has 0 aromatic rings. The van der Waals surface area contributed by atoms with Crippen LogP contribution in [-0.4, -0.2) is 54.2 Å². The zero-order valence-electron chi connectivity index (χ0n) is 9.73. The van der Waals surface area contributed by atoms with Gasteiger partial charge in [-0.1, -0.05) is 0 Å². The largest absolute Gasteiger partial charge is 0.480 e. The van der Waals surface area contributed by atoms with Gasteiger partial charge in [0.25, 0.3) is 0 Å². The van der Waals surface area contributed by atoms with Crippen molar-refractivity contribution in [2.45, 2.75) is 31.6 Å². The lowest BCUT2D eigenvalue weighted by atomic mass is 10.0. The number of hydrogen-bond acceptors (Lipinski definition) is 4. The summed E-state index contributed by atoms with van der Waals surface area (Å²) in [5, 5.41) is 10.5. The molecule has 0 saturated carbocycles. The Morgan fingerprint density at radius 1 is 1.50 bits per heavy atom. The van der Waals surface area contributed by atoms with Crippen LogP contribution in [0.2, 0.25) is 0 Å². The highest BCUT2D eigenvalue weighted by Gasteiger charge is 2.42. The molecule has 1 atom stereocenters. The molecule has 94 valence electrons. The van der Waals surface area contributed by atoms with Gasteiger partial charge in [-0.2, -0.15) is 4.31 Å². The average molecular weight is 250 g/mol. The maximum absolute atomic E-state index is 12.1. The number of carboxylic acids is 1. The van der Waals surface area contributed by atoms with Gasteiger partial charge in [0, 0.05) is 25.2 Å². The van der Waals surface area contributed by atoms with E-state index in [1.54, 1.807) is 13.8 Å². The van der Waals surface area contributed by atoms with Gasteiger partial charge in [-0.15, -0.1) is 0 Å². The van der Waals surface area contributed by atoms with Crippen LogP contribution in [0.4, 0.5) is 0 Å². The third-order valence-corrected chi connectivity index (χ3v) is 5.21. The molecular formula is C9H18N2O4S. The first kappa shape index (κ1) is 13.4. The Hall–Kier alpha value is -0.660. The predicted molar refractivity (Wildman–Crippen MR) is 59.7 cm³/mol. The van der Waals surface area contributed by atoms with Gasteiger partial charge in [-0.05, 0) is 20.8 Å². The smallest absolute Gasteiger partial charge is 0.323 e. The minimum atomic E-state index is -3.78. The number of carboxylic acid groups (broad SMARTS) is 1. The highest BCUT2D eigenvalue weighted by Crippen LogP contribution is 2.23. The molecular weight excluding hydrogens is 232 g/mol. The Kier molecular flexibility index (Phi) is 3.61. The lowest BCUT2D eigenvalue weighted by Crippen LogP contribution is -2.61. The van der Waals surface area contributed by atoms with Crippen LogP contribution in [0.25, 0.3) is 0 Å². The van der Waals surface area contributed by atoms with Crippen molar-refractivity contribution in [3.05, 3.63) is 0 Å². The van der Waals surface area contributed by atoms with Crippen molar-refractivity contribution < 1.29 is 18.3 Å². The number of nitrogens with zero attached hydrogens (tertiary/aromatic N) is 1. The highest BCUT2D eigenvalue weighted by atomic mass is 32.2. The first-order valence-electron chi connectivity index (χ1n) is 5.15. The lowest BCUT2D eigenvalue weighted by Gasteiger charge is -2.42. The topological polar surface area (TPSA) is 86.7 Å². The first-order chi connectivity index (χ1) is 7.19. The molecule has 0 aromatic carbocycles. The van der Waals surface area contributed by atoms with Gasteiger partial charge in [0.05, 0.1) is 0 Å². The molecule has 1 aliphatic rings. The zero-order chi connectivity index (χ0) is 12.6. The van der Waals surface area contributed by atoms with Crippen LogP contribution in [-0.2, 0) is 14.8 Å².